The summed E-state index contributed by atoms with van der Waals surface area (Å²) in [5.74, 6) is 0.594. The Kier molecular flexibility index (Phi) is 2.55. The molecule has 14 heavy (non-hydrogen) atoms. The quantitative estimate of drug-likeness (QED) is 0.720. The fourth-order valence-electron chi connectivity index (χ4n) is 1.83. The zero-order valence-corrected chi connectivity index (χ0v) is 9.64. The minimum absolute atomic E-state index is 0.594. The topological polar surface area (TPSA) is 4.93 Å². The van der Waals surface area contributed by atoms with Crippen LogP contribution in [-0.4, -0.2) is 10.2 Å². The Balaban J connectivity index is 2.70. The van der Waals surface area contributed by atoms with Crippen LogP contribution in [-0.2, 0) is 0 Å². The first-order valence-corrected chi connectivity index (χ1v) is 6.06. The smallest absolute Gasteiger partial charge is 0.0593 e. The van der Waals surface area contributed by atoms with Crippen molar-refractivity contribution in [3.63, 3.8) is 0 Å². The van der Waals surface area contributed by atoms with Crippen LogP contribution in [0.25, 0.3) is 10.9 Å². The van der Waals surface area contributed by atoms with Gasteiger partial charge in [-0.15, -0.1) is 0 Å². The van der Waals surface area contributed by atoms with Crippen LogP contribution in [0.5, 0.6) is 0 Å². The Morgan fingerprint density at radius 2 is 2.00 bits per heavy atom. The van der Waals surface area contributed by atoms with Gasteiger partial charge in [-0.3, -0.25) is 3.97 Å². The Labute approximate surface area is 89.3 Å². The third-order valence-corrected chi connectivity index (χ3v) is 3.26. The van der Waals surface area contributed by atoms with Crippen molar-refractivity contribution in [1.82, 2.24) is 3.97 Å². The molecule has 1 nitrogen and oxygen atoms in total. The summed E-state index contributed by atoms with van der Waals surface area (Å²) < 4.78 is 2.21. The molecule has 0 spiro atoms. The van der Waals surface area contributed by atoms with E-state index in [2.05, 4.69) is 54.5 Å². The van der Waals surface area contributed by atoms with Crippen molar-refractivity contribution in [2.75, 3.05) is 6.26 Å². The van der Waals surface area contributed by atoms with Crippen LogP contribution in [0.4, 0.5) is 0 Å². The van der Waals surface area contributed by atoms with Gasteiger partial charge in [-0.25, -0.2) is 0 Å². The van der Waals surface area contributed by atoms with Gasteiger partial charge in [0.25, 0.3) is 0 Å². The number of benzene rings is 1. The molecule has 2 rings (SSSR count). The molecule has 1 heterocycles. The van der Waals surface area contributed by atoms with E-state index in [0.29, 0.717) is 5.92 Å². The van der Waals surface area contributed by atoms with E-state index in [-0.39, 0.29) is 0 Å². The molecular formula is C12H15NS. The van der Waals surface area contributed by atoms with Crippen molar-refractivity contribution in [2.24, 2.45) is 0 Å². The monoisotopic (exact) mass is 205 g/mol. The Bertz CT molecular complexity index is 443. The van der Waals surface area contributed by atoms with Crippen LogP contribution in [0.1, 0.15) is 25.3 Å². The lowest BCUT2D eigenvalue weighted by atomic mass is 10.00. The van der Waals surface area contributed by atoms with E-state index < -0.39 is 0 Å². The summed E-state index contributed by atoms with van der Waals surface area (Å²) >= 11 is 1.74. The predicted molar refractivity (Wildman–Crippen MR) is 64.9 cm³/mol. The lowest BCUT2D eigenvalue weighted by Gasteiger charge is -2.07. The van der Waals surface area contributed by atoms with Gasteiger partial charge in [-0.1, -0.05) is 26.0 Å². The van der Waals surface area contributed by atoms with Crippen molar-refractivity contribution in [1.29, 1.82) is 0 Å². The van der Waals surface area contributed by atoms with E-state index in [1.54, 1.807) is 11.9 Å². The van der Waals surface area contributed by atoms with Gasteiger partial charge in [0.1, 0.15) is 0 Å². The highest BCUT2D eigenvalue weighted by atomic mass is 32.2. The second kappa shape index (κ2) is 3.70. The Morgan fingerprint density at radius 1 is 1.21 bits per heavy atom. The summed E-state index contributed by atoms with van der Waals surface area (Å²) in [5, 5.41) is 1.39. The molecule has 2 heteroatoms. The molecule has 0 unspecified atom stereocenters. The standard InChI is InChI=1S/C12H15NS/c1-9(2)10-5-4-6-12-11(10)7-8-13(12)14-3/h4-9H,1-3H3. The van der Waals surface area contributed by atoms with Gasteiger partial charge >= 0.3 is 0 Å². The molecule has 1 aromatic heterocycles. The average Bonchev–Trinajstić information content (AvgIpc) is 2.59. The minimum atomic E-state index is 0.594. The van der Waals surface area contributed by atoms with Gasteiger partial charge in [-0.05, 0) is 35.6 Å². The van der Waals surface area contributed by atoms with E-state index in [1.165, 1.54) is 16.5 Å². The molecule has 0 aliphatic rings. The Hall–Kier alpha value is -0.890. The maximum atomic E-state index is 2.24. The van der Waals surface area contributed by atoms with Crippen molar-refractivity contribution in [3.05, 3.63) is 36.0 Å². The average molecular weight is 205 g/mol. The first-order valence-electron chi connectivity index (χ1n) is 4.88. The third kappa shape index (κ3) is 1.44. The number of nitrogens with zero attached hydrogens (tertiary/aromatic N) is 1. The van der Waals surface area contributed by atoms with Crippen LogP contribution in [0.3, 0.4) is 0 Å². The fourth-order valence-corrected chi connectivity index (χ4v) is 2.37. The normalized spacial score (nSPS) is 11.4. The summed E-state index contributed by atoms with van der Waals surface area (Å²) in [6.07, 6.45) is 4.24. The third-order valence-electron chi connectivity index (χ3n) is 2.55. The second-order valence-electron chi connectivity index (χ2n) is 3.76. The van der Waals surface area contributed by atoms with Gasteiger partial charge in [0.15, 0.2) is 0 Å². The van der Waals surface area contributed by atoms with E-state index in [0.717, 1.165) is 0 Å². The molecular weight excluding hydrogens is 190 g/mol. The van der Waals surface area contributed by atoms with Crippen molar-refractivity contribution >= 4 is 22.9 Å². The van der Waals surface area contributed by atoms with E-state index in [4.69, 9.17) is 0 Å². The van der Waals surface area contributed by atoms with E-state index >= 15 is 0 Å². The van der Waals surface area contributed by atoms with Crippen LogP contribution in [0.2, 0.25) is 0 Å². The molecule has 0 bridgehead atoms. The predicted octanol–water partition coefficient (Wildman–Crippen LogP) is 3.89. The molecule has 0 N–H and O–H groups in total. The lowest BCUT2D eigenvalue weighted by molar-refractivity contribution is 0.876. The summed E-state index contributed by atoms with van der Waals surface area (Å²) in [6, 6.07) is 8.75. The number of aromatic nitrogens is 1. The molecule has 0 amide bonds. The van der Waals surface area contributed by atoms with Crippen molar-refractivity contribution in [2.45, 2.75) is 19.8 Å². The zero-order chi connectivity index (χ0) is 10.1. The lowest BCUT2D eigenvalue weighted by Crippen LogP contribution is -1.88. The molecule has 0 saturated carbocycles. The molecule has 0 saturated heterocycles. The maximum absolute atomic E-state index is 2.24. The first kappa shape index (κ1) is 9.66. The minimum Gasteiger partial charge on any atom is -0.291 e. The number of hydrogen-bond acceptors (Lipinski definition) is 1. The van der Waals surface area contributed by atoms with E-state index in [9.17, 15) is 0 Å². The SMILES string of the molecule is CSn1ccc2c(C(C)C)cccc21. The molecule has 0 aliphatic carbocycles. The van der Waals surface area contributed by atoms with Gasteiger partial charge in [-0.2, -0.15) is 0 Å². The zero-order valence-electron chi connectivity index (χ0n) is 8.82. The number of fused-ring (bicyclic) bond motifs is 1. The van der Waals surface area contributed by atoms with E-state index in [1.807, 2.05) is 0 Å². The highest BCUT2D eigenvalue weighted by molar-refractivity contribution is 7.97. The van der Waals surface area contributed by atoms with Crippen LogP contribution in [0.15, 0.2) is 30.5 Å². The first-order chi connectivity index (χ1) is 6.74. The molecule has 1 aromatic carbocycles. The highest BCUT2D eigenvalue weighted by Gasteiger charge is 2.07. The number of hydrogen-bond donors (Lipinski definition) is 0. The second-order valence-corrected chi connectivity index (χ2v) is 4.52. The molecule has 0 aliphatic heterocycles. The largest absolute Gasteiger partial charge is 0.291 e. The molecule has 0 fully saturated rings. The van der Waals surface area contributed by atoms with Crippen molar-refractivity contribution in [3.8, 4) is 0 Å². The van der Waals surface area contributed by atoms with Gasteiger partial charge in [0.05, 0.1) is 5.52 Å². The molecule has 0 atom stereocenters. The van der Waals surface area contributed by atoms with Crippen molar-refractivity contribution < 1.29 is 0 Å². The van der Waals surface area contributed by atoms with Gasteiger partial charge < -0.3 is 0 Å². The molecule has 0 radical (unpaired) electrons. The summed E-state index contributed by atoms with van der Waals surface area (Å²) in [5.41, 5.74) is 2.76. The highest BCUT2D eigenvalue weighted by Crippen LogP contribution is 2.27. The van der Waals surface area contributed by atoms with Crippen LogP contribution in [0, 0.1) is 0 Å². The summed E-state index contributed by atoms with van der Waals surface area (Å²) in [6.45, 7) is 4.48. The molecule has 74 valence electrons. The van der Waals surface area contributed by atoms with Crippen LogP contribution < -0.4 is 0 Å². The van der Waals surface area contributed by atoms with Gasteiger partial charge in [0.2, 0.25) is 0 Å². The summed E-state index contributed by atoms with van der Waals surface area (Å²) in [7, 11) is 0. The summed E-state index contributed by atoms with van der Waals surface area (Å²) in [4.78, 5) is 0. The Morgan fingerprint density at radius 3 is 2.64 bits per heavy atom. The van der Waals surface area contributed by atoms with Gasteiger partial charge in [0, 0.05) is 17.8 Å². The fraction of sp³-hybridized carbons (Fsp3) is 0.333. The number of rotatable bonds is 2. The van der Waals surface area contributed by atoms with Crippen LogP contribution >= 0.6 is 11.9 Å². The molecule has 2 aromatic rings. The maximum Gasteiger partial charge on any atom is 0.0593 e.